The summed E-state index contributed by atoms with van der Waals surface area (Å²) in [4.78, 5) is 2.42. The van der Waals surface area contributed by atoms with Crippen molar-refractivity contribution in [2.75, 3.05) is 46.4 Å². The molecule has 1 fully saturated rings. The van der Waals surface area contributed by atoms with Crippen LogP contribution in [-0.2, 0) is 4.74 Å². The minimum atomic E-state index is 0.906. The summed E-state index contributed by atoms with van der Waals surface area (Å²) in [5.74, 6) is 0. The summed E-state index contributed by atoms with van der Waals surface area (Å²) >= 11 is 0. The maximum atomic E-state index is 5.22. The zero-order chi connectivity index (χ0) is 9.23. The van der Waals surface area contributed by atoms with E-state index in [9.17, 15) is 0 Å². The van der Waals surface area contributed by atoms with E-state index in [1.54, 1.807) is 0 Å². The van der Waals surface area contributed by atoms with Gasteiger partial charge in [0.1, 0.15) is 0 Å². The number of rotatable bonds is 3. The van der Waals surface area contributed by atoms with E-state index in [1.807, 2.05) is 20.9 Å². The zero-order valence-corrected chi connectivity index (χ0v) is 8.60. The normalized spacial score (nSPS) is 18.2. The van der Waals surface area contributed by atoms with Gasteiger partial charge in [0.05, 0.1) is 13.2 Å². The minimum Gasteiger partial charge on any atom is -0.379 e. The number of nitrogens with one attached hydrogen (secondary N) is 1. The van der Waals surface area contributed by atoms with Gasteiger partial charge in [-0.1, -0.05) is 13.8 Å². The second-order valence-corrected chi connectivity index (χ2v) is 2.56. The van der Waals surface area contributed by atoms with Gasteiger partial charge in [0.15, 0.2) is 0 Å². The summed E-state index contributed by atoms with van der Waals surface area (Å²) in [5, 5.41) is 3.13. The second kappa shape index (κ2) is 8.97. The van der Waals surface area contributed by atoms with Crippen LogP contribution in [-0.4, -0.2) is 51.3 Å². The molecule has 1 N–H and O–H groups in total. The van der Waals surface area contributed by atoms with Crippen molar-refractivity contribution in [1.29, 1.82) is 0 Å². The third-order valence-electron chi connectivity index (χ3n) is 1.78. The molecular formula is C9H22N2O. The SMILES string of the molecule is CC.CNCCN1CCOCC1. The van der Waals surface area contributed by atoms with Crippen LogP contribution in [0.5, 0.6) is 0 Å². The van der Waals surface area contributed by atoms with Crippen molar-refractivity contribution in [1.82, 2.24) is 10.2 Å². The first-order valence-corrected chi connectivity index (χ1v) is 4.88. The van der Waals surface area contributed by atoms with E-state index in [1.165, 1.54) is 0 Å². The third kappa shape index (κ3) is 5.52. The number of nitrogens with zero attached hydrogens (tertiary/aromatic N) is 1. The lowest BCUT2D eigenvalue weighted by atomic mass is 10.4. The van der Waals surface area contributed by atoms with Crippen LogP contribution in [0.15, 0.2) is 0 Å². The molecule has 0 aromatic carbocycles. The fourth-order valence-electron chi connectivity index (χ4n) is 1.09. The van der Waals surface area contributed by atoms with Crippen LogP contribution in [0.4, 0.5) is 0 Å². The Bertz CT molecular complexity index is 82.6. The van der Waals surface area contributed by atoms with Crippen molar-refractivity contribution < 1.29 is 4.74 Å². The van der Waals surface area contributed by atoms with Crippen molar-refractivity contribution in [3.8, 4) is 0 Å². The molecule has 0 atom stereocenters. The topological polar surface area (TPSA) is 24.5 Å². The van der Waals surface area contributed by atoms with Crippen molar-refractivity contribution in [3.05, 3.63) is 0 Å². The van der Waals surface area contributed by atoms with Crippen LogP contribution in [0.1, 0.15) is 13.8 Å². The predicted octanol–water partition coefficient (Wildman–Crippen LogP) is 0.564. The van der Waals surface area contributed by atoms with E-state index in [-0.39, 0.29) is 0 Å². The second-order valence-electron chi connectivity index (χ2n) is 2.56. The Kier molecular flexibility index (Phi) is 8.88. The predicted molar refractivity (Wildman–Crippen MR) is 52.5 cm³/mol. The molecule has 1 aliphatic heterocycles. The first-order chi connectivity index (χ1) is 5.93. The van der Waals surface area contributed by atoms with Crippen molar-refractivity contribution in [2.45, 2.75) is 13.8 Å². The number of hydrogen-bond acceptors (Lipinski definition) is 3. The van der Waals surface area contributed by atoms with E-state index in [0.717, 1.165) is 39.4 Å². The maximum Gasteiger partial charge on any atom is 0.0594 e. The number of hydrogen-bond donors (Lipinski definition) is 1. The molecule has 0 bridgehead atoms. The standard InChI is InChI=1S/C7H16N2O.C2H6/c1-8-2-3-9-4-6-10-7-5-9;1-2/h8H,2-7H2,1H3;1-2H3. The van der Waals surface area contributed by atoms with Gasteiger partial charge >= 0.3 is 0 Å². The molecule has 3 heteroatoms. The largest absolute Gasteiger partial charge is 0.379 e. The van der Waals surface area contributed by atoms with Gasteiger partial charge in [0.25, 0.3) is 0 Å². The van der Waals surface area contributed by atoms with Gasteiger partial charge in [-0.15, -0.1) is 0 Å². The molecule has 1 rings (SSSR count). The van der Waals surface area contributed by atoms with Crippen LogP contribution in [0.2, 0.25) is 0 Å². The average Bonchev–Trinajstić information content (AvgIpc) is 2.19. The number of morpholine rings is 1. The highest BCUT2D eigenvalue weighted by Crippen LogP contribution is 1.94. The molecule has 0 aliphatic carbocycles. The lowest BCUT2D eigenvalue weighted by molar-refractivity contribution is 0.0386. The molecule has 0 radical (unpaired) electrons. The summed E-state index contributed by atoms with van der Waals surface area (Å²) in [6.07, 6.45) is 0. The van der Waals surface area contributed by atoms with Crippen LogP contribution >= 0.6 is 0 Å². The molecule has 0 saturated carbocycles. The lowest BCUT2D eigenvalue weighted by Gasteiger charge is -2.26. The quantitative estimate of drug-likeness (QED) is 0.677. The van der Waals surface area contributed by atoms with Crippen LogP contribution in [0, 0.1) is 0 Å². The molecule has 3 nitrogen and oxygen atoms in total. The first-order valence-electron chi connectivity index (χ1n) is 4.88. The van der Waals surface area contributed by atoms with Crippen molar-refractivity contribution >= 4 is 0 Å². The van der Waals surface area contributed by atoms with Gasteiger partial charge in [-0.2, -0.15) is 0 Å². The highest BCUT2D eigenvalue weighted by atomic mass is 16.5. The van der Waals surface area contributed by atoms with Crippen LogP contribution < -0.4 is 5.32 Å². The molecule has 1 saturated heterocycles. The Morgan fingerprint density at radius 3 is 2.33 bits per heavy atom. The zero-order valence-electron chi connectivity index (χ0n) is 8.60. The van der Waals surface area contributed by atoms with Crippen molar-refractivity contribution in [2.24, 2.45) is 0 Å². The molecule has 12 heavy (non-hydrogen) atoms. The van der Waals surface area contributed by atoms with E-state index in [4.69, 9.17) is 4.74 Å². The van der Waals surface area contributed by atoms with Gasteiger partial charge in [-0.25, -0.2) is 0 Å². The van der Waals surface area contributed by atoms with E-state index < -0.39 is 0 Å². The Balaban J connectivity index is 0.000000561. The monoisotopic (exact) mass is 174 g/mol. The summed E-state index contributed by atoms with van der Waals surface area (Å²) in [7, 11) is 1.99. The Morgan fingerprint density at radius 2 is 1.83 bits per heavy atom. The molecule has 0 aromatic heterocycles. The molecule has 0 spiro atoms. The van der Waals surface area contributed by atoms with E-state index >= 15 is 0 Å². The molecule has 0 unspecified atom stereocenters. The Hall–Kier alpha value is -0.120. The molecule has 1 heterocycles. The highest BCUT2D eigenvalue weighted by Gasteiger charge is 2.07. The molecule has 1 aliphatic rings. The molecule has 74 valence electrons. The van der Waals surface area contributed by atoms with E-state index in [0.29, 0.717) is 0 Å². The molecular weight excluding hydrogens is 152 g/mol. The molecule has 0 aromatic rings. The third-order valence-corrected chi connectivity index (χ3v) is 1.78. The average molecular weight is 174 g/mol. The van der Waals surface area contributed by atoms with E-state index in [2.05, 4.69) is 10.2 Å². The van der Waals surface area contributed by atoms with Gasteiger partial charge in [0, 0.05) is 26.2 Å². The van der Waals surface area contributed by atoms with Gasteiger partial charge in [-0.3, -0.25) is 4.90 Å². The highest BCUT2D eigenvalue weighted by molar-refractivity contribution is 4.61. The number of ether oxygens (including phenoxy) is 1. The van der Waals surface area contributed by atoms with Crippen LogP contribution in [0.3, 0.4) is 0 Å². The molecule has 0 amide bonds. The fourth-order valence-corrected chi connectivity index (χ4v) is 1.09. The summed E-state index contributed by atoms with van der Waals surface area (Å²) in [5.41, 5.74) is 0. The first kappa shape index (κ1) is 11.9. The minimum absolute atomic E-state index is 0.906. The fraction of sp³-hybridized carbons (Fsp3) is 1.00. The van der Waals surface area contributed by atoms with Gasteiger partial charge in [-0.05, 0) is 7.05 Å². The summed E-state index contributed by atoms with van der Waals surface area (Å²) in [6.45, 7) is 10.2. The Morgan fingerprint density at radius 1 is 1.25 bits per heavy atom. The smallest absolute Gasteiger partial charge is 0.0594 e. The summed E-state index contributed by atoms with van der Waals surface area (Å²) < 4.78 is 5.22. The van der Waals surface area contributed by atoms with Crippen molar-refractivity contribution in [3.63, 3.8) is 0 Å². The Labute approximate surface area is 76.1 Å². The van der Waals surface area contributed by atoms with Gasteiger partial charge in [0.2, 0.25) is 0 Å². The van der Waals surface area contributed by atoms with Gasteiger partial charge < -0.3 is 10.1 Å². The lowest BCUT2D eigenvalue weighted by Crippen LogP contribution is -2.39. The van der Waals surface area contributed by atoms with Crippen LogP contribution in [0.25, 0.3) is 0 Å². The maximum absolute atomic E-state index is 5.22. The summed E-state index contributed by atoms with van der Waals surface area (Å²) in [6, 6.07) is 0. The number of likely N-dealkylation sites (N-methyl/N-ethyl adjacent to an activating group) is 1.